The molecule has 2 aromatic rings. The lowest BCUT2D eigenvalue weighted by Crippen LogP contribution is -2.19. The van der Waals surface area contributed by atoms with E-state index in [-0.39, 0.29) is 11.5 Å². The number of anilines is 1. The second-order valence-electron chi connectivity index (χ2n) is 3.93. The first-order chi connectivity index (χ1) is 8.60. The van der Waals surface area contributed by atoms with Crippen LogP contribution in [-0.4, -0.2) is 20.7 Å². The number of aromatic nitrogens is 3. The van der Waals surface area contributed by atoms with Crippen molar-refractivity contribution in [1.82, 2.24) is 14.8 Å². The maximum atomic E-state index is 11.8. The molecule has 1 amide bonds. The summed E-state index contributed by atoms with van der Waals surface area (Å²) in [5, 5.41) is 9.26. The van der Waals surface area contributed by atoms with Gasteiger partial charge < -0.3 is 9.88 Å². The topological polar surface area (TPSA) is 79.8 Å². The van der Waals surface area contributed by atoms with Crippen molar-refractivity contribution < 1.29 is 4.79 Å². The second-order valence-corrected chi connectivity index (χ2v) is 3.93. The van der Waals surface area contributed by atoms with E-state index in [4.69, 9.17) is 0 Å². The third-order valence-electron chi connectivity index (χ3n) is 2.52. The van der Waals surface area contributed by atoms with Crippen molar-refractivity contribution >= 4 is 11.6 Å². The first-order valence-corrected chi connectivity index (χ1v) is 5.64. The normalized spacial score (nSPS) is 10.3. The summed E-state index contributed by atoms with van der Waals surface area (Å²) in [6.07, 6.45) is 1.61. The molecule has 0 aliphatic carbocycles. The minimum atomic E-state index is -0.305. The molecule has 0 aromatic carbocycles. The number of pyridine rings is 1. The number of amides is 1. The van der Waals surface area contributed by atoms with Crippen LogP contribution in [0.25, 0.3) is 0 Å². The van der Waals surface area contributed by atoms with Gasteiger partial charge in [0.1, 0.15) is 0 Å². The molecule has 6 heteroatoms. The molecule has 0 atom stereocenters. The highest BCUT2D eigenvalue weighted by atomic mass is 16.2. The van der Waals surface area contributed by atoms with Gasteiger partial charge in [-0.1, -0.05) is 0 Å². The molecule has 0 unspecified atom stereocenters. The van der Waals surface area contributed by atoms with E-state index < -0.39 is 0 Å². The van der Waals surface area contributed by atoms with Gasteiger partial charge in [-0.3, -0.25) is 14.7 Å². The number of nitrogens with one attached hydrogen (secondary N) is 2. The summed E-state index contributed by atoms with van der Waals surface area (Å²) < 4.78 is 1.52. The number of hydrogen-bond acceptors (Lipinski definition) is 3. The third-order valence-corrected chi connectivity index (χ3v) is 2.52. The summed E-state index contributed by atoms with van der Waals surface area (Å²) in [5.41, 5.74) is 1.62. The predicted molar refractivity (Wildman–Crippen MR) is 67.7 cm³/mol. The van der Waals surface area contributed by atoms with E-state index in [1.807, 2.05) is 13.8 Å². The molecule has 2 rings (SSSR count). The fourth-order valence-corrected chi connectivity index (χ4v) is 1.58. The van der Waals surface area contributed by atoms with Crippen molar-refractivity contribution in [3.63, 3.8) is 0 Å². The zero-order valence-corrected chi connectivity index (χ0v) is 10.2. The fraction of sp³-hybridized carbons (Fsp3) is 0.250. The van der Waals surface area contributed by atoms with Crippen LogP contribution in [0.4, 0.5) is 5.69 Å². The van der Waals surface area contributed by atoms with E-state index in [9.17, 15) is 9.59 Å². The third kappa shape index (κ3) is 2.48. The SMILES string of the molecule is CCn1cc(NC(=O)c2cc(C)[nH]n2)ccc1=O. The summed E-state index contributed by atoms with van der Waals surface area (Å²) in [6, 6.07) is 4.66. The zero-order chi connectivity index (χ0) is 13.1. The van der Waals surface area contributed by atoms with Gasteiger partial charge in [0.25, 0.3) is 11.5 Å². The number of carbonyl (C=O) groups excluding carboxylic acids is 1. The Labute approximate surface area is 104 Å². The van der Waals surface area contributed by atoms with E-state index in [0.29, 0.717) is 17.9 Å². The van der Waals surface area contributed by atoms with E-state index >= 15 is 0 Å². The van der Waals surface area contributed by atoms with Crippen LogP contribution in [0.5, 0.6) is 0 Å². The number of hydrogen-bond donors (Lipinski definition) is 2. The molecule has 0 bridgehead atoms. The summed E-state index contributed by atoms with van der Waals surface area (Å²) in [4.78, 5) is 23.2. The summed E-state index contributed by atoms with van der Waals surface area (Å²) >= 11 is 0. The second kappa shape index (κ2) is 4.87. The molecule has 0 aliphatic heterocycles. The van der Waals surface area contributed by atoms with Crippen LogP contribution in [-0.2, 0) is 6.54 Å². The predicted octanol–water partition coefficient (Wildman–Crippen LogP) is 1.15. The Bertz CT molecular complexity index is 627. The van der Waals surface area contributed by atoms with Crippen LogP contribution in [0.3, 0.4) is 0 Å². The van der Waals surface area contributed by atoms with Crippen molar-refractivity contribution in [2.75, 3.05) is 5.32 Å². The van der Waals surface area contributed by atoms with E-state index in [0.717, 1.165) is 5.69 Å². The highest BCUT2D eigenvalue weighted by Gasteiger charge is 2.09. The Hall–Kier alpha value is -2.37. The van der Waals surface area contributed by atoms with Gasteiger partial charge >= 0.3 is 0 Å². The Balaban J connectivity index is 2.19. The average Bonchev–Trinajstić information content (AvgIpc) is 2.78. The molecule has 18 heavy (non-hydrogen) atoms. The van der Waals surface area contributed by atoms with Crippen molar-refractivity contribution in [3.8, 4) is 0 Å². The van der Waals surface area contributed by atoms with E-state index in [1.54, 1.807) is 18.3 Å². The standard InChI is InChI=1S/C12H14N4O2/c1-3-16-7-9(4-5-11(16)17)13-12(18)10-6-8(2)14-15-10/h4-7H,3H2,1-2H3,(H,13,18)(H,14,15). The van der Waals surface area contributed by atoms with E-state index in [2.05, 4.69) is 15.5 Å². The molecular formula is C12H14N4O2. The first kappa shape index (κ1) is 12.1. The summed E-state index contributed by atoms with van der Waals surface area (Å²) in [5.74, 6) is -0.305. The molecule has 94 valence electrons. The van der Waals surface area contributed by atoms with Crippen molar-refractivity contribution in [1.29, 1.82) is 0 Å². The van der Waals surface area contributed by atoms with Crippen LogP contribution >= 0.6 is 0 Å². The molecule has 0 spiro atoms. The Morgan fingerprint density at radius 3 is 2.89 bits per heavy atom. The van der Waals surface area contributed by atoms with Crippen molar-refractivity contribution in [2.45, 2.75) is 20.4 Å². The molecule has 0 saturated carbocycles. The first-order valence-electron chi connectivity index (χ1n) is 5.64. The molecule has 0 radical (unpaired) electrons. The number of rotatable bonds is 3. The molecule has 2 heterocycles. The Morgan fingerprint density at radius 2 is 2.28 bits per heavy atom. The smallest absolute Gasteiger partial charge is 0.276 e. The van der Waals surface area contributed by atoms with Crippen LogP contribution in [0.1, 0.15) is 23.1 Å². The van der Waals surface area contributed by atoms with Crippen LogP contribution in [0, 0.1) is 6.92 Å². The highest BCUT2D eigenvalue weighted by Crippen LogP contribution is 2.06. The lowest BCUT2D eigenvalue weighted by Gasteiger charge is -2.06. The molecule has 2 aromatic heterocycles. The van der Waals surface area contributed by atoms with Gasteiger partial charge in [0.15, 0.2) is 5.69 Å². The molecule has 0 aliphatic rings. The Morgan fingerprint density at radius 1 is 1.50 bits per heavy atom. The van der Waals surface area contributed by atoms with Crippen molar-refractivity contribution in [2.24, 2.45) is 0 Å². The lowest BCUT2D eigenvalue weighted by atomic mass is 10.3. The number of nitrogens with zero attached hydrogens (tertiary/aromatic N) is 2. The molecule has 0 fully saturated rings. The minimum absolute atomic E-state index is 0.0916. The number of aryl methyl sites for hydroxylation is 2. The number of H-pyrrole nitrogens is 1. The van der Waals surface area contributed by atoms with Gasteiger partial charge in [-0.25, -0.2) is 0 Å². The summed E-state index contributed by atoms with van der Waals surface area (Å²) in [7, 11) is 0. The fourth-order valence-electron chi connectivity index (χ4n) is 1.58. The van der Waals surface area contributed by atoms with Crippen LogP contribution in [0.15, 0.2) is 29.2 Å². The Kier molecular flexibility index (Phi) is 3.27. The van der Waals surface area contributed by atoms with Gasteiger partial charge in [-0.2, -0.15) is 5.10 Å². The van der Waals surface area contributed by atoms with Crippen LogP contribution in [0.2, 0.25) is 0 Å². The molecule has 6 nitrogen and oxygen atoms in total. The highest BCUT2D eigenvalue weighted by molar-refractivity contribution is 6.02. The van der Waals surface area contributed by atoms with E-state index in [1.165, 1.54) is 10.6 Å². The summed E-state index contributed by atoms with van der Waals surface area (Å²) in [6.45, 7) is 4.25. The van der Waals surface area contributed by atoms with Gasteiger partial charge in [-0.05, 0) is 26.0 Å². The van der Waals surface area contributed by atoms with Gasteiger partial charge in [-0.15, -0.1) is 0 Å². The maximum absolute atomic E-state index is 11.8. The molecule has 0 saturated heterocycles. The lowest BCUT2D eigenvalue weighted by molar-refractivity contribution is 0.102. The molecule has 2 N–H and O–H groups in total. The van der Waals surface area contributed by atoms with Crippen molar-refractivity contribution in [3.05, 3.63) is 46.1 Å². The zero-order valence-electron chi connectivity index (χ0n) is 10.2. The number of carbonyl (C=O) groups is 1. The largest absolute Gasteiger partial charge is 0.319 e. The quantitative estimate of drug-likeness (QED) is 0.852. The van der Waals surface area contributed by atoms with Gasteiger partial charge in [0.05, 0.1) is 5.69 Å². The maximum Gasteiger partial charge on any atom is 0.276 e. The molecular weight excluding hydrogens is 232 g/mol. The monoisotopic (exact) mass is 246 g/mol. The van der Waals surface area contributed by atoms with Crippen LogP contribution < -0.4 is 10.9 Å². The average molecular weight is 246 g/mol. The van der Waals surface area contributed by atoms with Gasteiger partial charge in [0, 0.05) is 24.5 Å². The minimum Gasteiger partial charge on any atom is -0.319 e. The van der Waals surface area contributed by atoms with Gasteiger partial charge in [0.2, 0.25) is 0 Å². The number of aromatic amines is 1.